The summed E-state index contributed by atoms with van der Waals surface area (Å²) < 4.78 is 55.2. The Kier molecular flexibility index (Phi) is 3.48. The molecule has 3 rings (SSSR count). The van der Waals surface area contributed by atoms with Crippen molar-refractivity contribution in [1.82, 2.24) is 19.6 Å². The molecule has 0 saturated carbocycles. The highest BCUT2D eigenvalue weighted by Crippen LogP contribution is 2.24. The molecular weight excluding hydrogens is 328 g/mol. The zero-order valence-corrected chi connectivity index (χ0v) is 12.9. The summed E-state index contributed by atoms with van der Waals surface area (Å²) >= 11 is 0. The van der Waals surface area contributed by atoms with E-state index in [-0.39, 0.29) is 11.3 Å². The van der Waals surface area contributed by atoms with Gasteiger partial charge in [0.25, 0.3) is 21.0 Å². The Labute approximate surface area is 130 Å². The molecule has 0 radical (unpaired) electrons. The summed E-state index contributed by atoms with van der Waals surface area (Å²) in [6.07, 6.45) is 3.02. The second kappa shape index (κ2) is 5.23. The van der Waals surface area contributed by atoms with Crippen LogP contribution >= 0.6 is 0 Å². The predicted octanol–water partition coefficient (Wildman–Crippen LogP) is 1.82. The molecule has 120 valence electrons. The quantitative estimate of drug-likeness (QED) is 0.786. The molecule has 0 fully saturated rings. The number of nitrogens with one attached hydrogen (secondary N) is 1. The molecule has 0 aliphatic carbocycles. The smallest absolute Gasteiger partial charge is 0.271 e. The van der Waals surface area contributed by atoms with Gasteiger partial charge in [0.15, 0.2) is 5.82 Å². The number of fused-ring (bicyclic) bond motifs is 1. The average molecular weight is 339 g/mol. The first-order chi connectivity index (χ1) is 10.8. The zero-order valence-electron chi connectivity index (χ0n) is 12.1. The fourth-order valence-corrected chi connectivity index (χ4v) is 2.84. The van der Waals surface area contributed by atoms with Gasteiger partial charge in [-0.25, -0.2) is 18.3 Å². The van der Waals surface area contributed by atoms with E-state index >= 15 is 0 Å². The summed E-state index contributed by atoms with van der Waals surface area (Å²) in [6.45, 7) is 3.14. The van der Waals surface area contributed by atoms with Crippen molar-refractivity contribution >= 4 is 21.5 Å². The van der Waals surface area contributed by atoms with Crippen molar-refractivity contribution < 1.29 is 17.2 Å². The van der Waals surface area contributed by atoms with Crippen LogP contribution in [0.2, 0.25) is 0 Å². The van der Waals surface area contributed by atoms with E-state index in [1.165, 1.54) is 29.9 Å². The van der Waals surface area contributed by atoms with Crippen LogP contribution < -0.4 is 4.72 Å². The summed E-state index contributed by atoms with van der Waals surface area (Å²) in [7, 11) is -4.36. The predicted molar refractivity (Wildman–Crippen MR) is 77.4 cm³/mol. The van der Waals surface area contributed by atoms with Crippen molar-refractivity contribution in [3.63, 3.8) is 0 Å². The van der Waals surface area contributed by atoms with Crippen molar-refractivity contribution in [2.75, 3.05) is 4.72 Å². The van der Waals surface area contributed by atoms with E-state index in [0.29, 0.717) is 0 Å². The first kappa shape index (κ1) is 15.3. The molecule has 0 spiro atoms. The third-order valence-corrected chi connectivity index (χ3v) is 4.19. The monoisotopic (exact) mass is 339 g/mol. The molecule has 3 aromatic rings. The number of benzene rings is 1. The molecule has 0 bridgehead atoms. The molecule has 23 heavy (non-hydrogen) atoms. The minimum atomic E-state index is -4.36. The number of aryl methyl sites for hydroxylation is 2. The van der Waals surface area contributed by atoms with Crippen molar-refractivity contribution in [3.05, 3.63) is 47.3 Å². The maximum atomic E-state index is 13.9. The van der Waals surface area contributed by atoms with Crippen LogP contribution in [0.1, 0.15) is 11.1 Å². The van der Waals surface area contributed by atoms with Crippen LogP contribution in [0.25, 0.3) is 5.78 Å². The van der Waals surface area contributed by atoms with Gasteiger partial charge in [-0.1, -0.05) is 6.07 Å². The van der Waals surface area contributed by atoms with E-state index in [2.05, 4.69) is 15.1 Å². The van der Waals surface area contributed by atoms with Gasteiger partial charge in [-0.2, -0.15) is 13.4 Å². The summed E-state index contributed by atoms with van der Waals surface area (Å²) in [5.74, 6) is -1.97. The molecule has 1 N–H and O–H groups in total. The van der Waals surface area contributed by atoms with Gasteiger partial charge < -0.3 is 0 Å². The summed E-state index contributed by atoms with van der Waals surface area (Å²) in [4.78, 5) is 7.67. The van der Waals surface area contributed by atoms with Crippen molar-refractivity contribution in [2.24, 2.45) is 0 Å². The van der Waals surface area contributed by atoms with Crippen molar-refractivity contribution in [1.29, 1.82) is 0 Å². The normalized spacial score (nSPS) is 11.8. The second-order valence-electron chi connectivity index (χ2n) is 4.93. The van der Waals surface area contributed by atoms with Gasteiger partial charge in [0.2, 0.25) is 0 Å². The second-order valence-corrected chi connectivity index (χ2v) is 6.51. The number of aromatic nitrogens is 4. The lowest BCUT2D eigenvalue weighted by Gasteiger charge is -2.08. The van der Waals surface area contributed by atoms with Crippen LogP contribution in [0, 0.1) is 25.5 Å². The molecule has 0 aliphatic heterocycles. The highest BCUT2D eigenvalue weighted by molar-refractivity contribution is 7.92. The largest absolute Gasteiger partial charge is 0.299 e. The lowest BCUT2D eigenvalue weighted by atomic mass is 10.2. The Balaban J connectivity index is 2.06. The fraction of sp³-hybridized carbons (Fsp3) is 0.154. The Bertz CT molecular complexity index is 1020. The van der Waals surface area contributed by atoms with Gasteiger partial charge in [0, 0.05) is 12.4 Å². The minimum Gasteiger partial charge on any atom is -0.271 e. The third kappa shape index (κ3) is 2.72. The third-order valence-electron chi connectivity index (χ3n) is 3.06. The molecule has 0 aliphatic rings. The summed E-state index contributed by atoms with van der Waals surface area (Å²) in [5, 5.41) is 3.14. The number of hydrogen-bond donors (Lipinski definition) is 1. The van der Waals surface area contributed by atoms with Crippen LogP contribution in [0.3, 0.4) is 0 Å². The van der Waals surface area contributed by atoms with Crippen molar-refractivity contribution in [2.45, 2.75) is 19.0 Å². The van der Waals surface area contributed by atoms with Gasteiger partial charge in [0.1, 0.15) is 11.5 Å². The van der Waals surface area contributed by atoms with Gasteiger partial charge in [-0.3, -0.25) is 4.72 Å². The Hall–Kier alpha value is -2.62. The number of anilines is 1. The van der Waals surface area contributed by atoms with E-state index in [0.717, 1.165) is 11.6 Å². The molecular formula is C13H11F2N5O2S. The van der Waals surface area contributed by atoms with Gasteiger partial charge in [0.05, 0.1) is 0 Å². The van der Waals surface area contributed by atoms with Crippen LogP contribution in [-0.4, -0.2) is 28.0 Å². The van der Waals surface area contributed by atoms with Crippen LogP contribution in [0.5, 0.6) is 0 Å². The van der Waals surface area contributed by atoms with E-state index in [1.54, 1.807) is 6.92 Å². The topological polar surface area (TPSA) is 89.2 Å². The van der Waals surface area contributed by atoms with Gasteiger partial charge in [-0.15, -0.1) is 5.10 Å². The lowest BCUT2D eigenvalue weighted by Crippen LogP contribution is -2.17. The summed E-state index contributed by atoms with van der Waals surface area (Å²) in [5.41, 5.74) is 0.0763. The number of nitrogens with zero attached hydrogens (tertiary/aromatic N) is 4. The standard InChI is InChI=1S/C13H11F2N5O2S/c1-7-5-16-12-17-13(18-20(12)6-7)23(21,22)19-11-9(14)4-3-8(2)10(11)15/h3-6,19H,1-2H3. The first-order valence-corrected chi connectivity index (χ1v) is 7.93. The number of halogens is 2. The van der Waals surface area contributed by atoms with E-state index in [9.17, 15) is 17.2 Å². The molecule has 1 aromatic carbocycles. The number of hydrogen-bond acceptors (Lipinski definition) is 5. The molecule has 0 unspecified atom stereocenters. The average Bonchev–Trinajstić information content (AvgIpc) is 2.91. The van der Waals surface area contributed by atoms with E-state index < -0.39 is 32.5 Å². The first-order valence-electron chi connectivity index (χ1n) is 6.44. The lowest BCUT2D eigenvalue weighted by molar-refractivity contribution is 0.575. The Morgan fingerprint density at radius 1 is 1.22 bits per heavy atom. The Morgan fingerprint density at radius 2 is 1.96 bits per heavy atom. The highest BCUT2D eigenvalue weighted by atomic mass is 32.2. The maximum Gasteiger partial charge on any atom is 0.299 e. The SMILES string of the molecule is Cc1cnc2nc(S(=O)(=O)Nc3c(F)ccc(C)c3F)nn2c1. The maximum absolute atomic E-state index is 13.9. The van der Waals surface area contributed by atoms with Crippen molar-refractivity contribution in [3.8, 4) is 0 Å². The van der Waals surface area contributed by atoms with Gasteiger partial charge >= 0.3 is 0 Å². The molecule has 7 nitrogen and oxygen atoms in total. The van der Waals surface area contributed by atoms with Crippen LogP contribution in [0.15, 0.2) is 29.7 Å². The molecule has 2 aromatic heterocycles. The molecule has 2 heterocycles. The molecule has 0 atom stereocenters. The molecule has 0 saturated heterocycles. The fourth-order valence-electron chi connectivity index (χ4n) is 1.90. The minimum absolute atomic E-state index is 0.0566. The van der Waals surface area contributed by atoms with E-state index in [4.69, 9.17) is 0 Å². The molecule has 0 amide bonds. The Morgan fingerprint density at radius 3 is 2.70 bits per heavy atom. The number of sulfonamides is 1. The highest BCUT2D eigenvalue weighted by Gasteiger charge is 2.24. The van der Waals surface area contributed by atoms with E-state index in [1.807, 2.05) is 4.72 Å². The molecule has 10 heteroatoms. The summed E-state index contributed by atoms with van der Waals surface area (Å²) in [6, 6.07) is 2.18. The van der Waals surface area contributed by atoms with Crippen LogP contribution in [0.4, 0.5) is 14.5 Å². The zero-order chi connectivity index (χ0) is 16.8. The van der Waals surface area contributed by atoms with Gasteiger partial charge in [-0.05, 0) is 31.0 Å². The van der Waals surface area contributed by atoms with Crippen LogP contribution in [-0.2, 0) is 10.0 Å². The number of rotatable bonds is 3.